The first-order chi connectivity index (χ1) is 17.8. The molecule has 2 N–H and O–H groups in total. The van der Waals surface area contributed by atoms with Crippen LogP contribution in [0.4, 0.5) is 5.82 Å². The molecule has 0 unspecified atom stereocenters. The maximum absolute atomic E-state index is 13.1. The third-order valence-corrected chi connectivity index (χ3v) is 8.72. The van der Waals surface area contributed by atoms with E-state index in [2.05, 4.69) is 32.5 Å². The number of nitrogens with one attached hydrogen (secondary N) is 2. The zero-order valence-corrected chi connectivity index (χ0v) is 22.4. The number of anilines is 1. The van der Waals surface area contributed by atoms with Crippen LogP contribution in [0.5, 0.6) is 0 Å². The molecule has 2 aromatic heterocycles. The fourth-order valence-electron chi connectivity index (χ4n) is 5.53. The van der Waals surface area contributed by atoms with Crippen molar-refractivity contribution >= 4 is 45.5 Å². The molecule has 37 heavy (non-hydrogen) atoms. The van der Waals surface area contributed by atoms with Gasteiger partial charge in [0.2, 0.25) is 0 Å². The molecule has 2 aromatic rings. The maximum Gasteiger partial charge on any atom is 0.269 e. The minimum atomic E-state index is -0.337. The van der Waals surface area contributed by atoms with Crippen LogP contribution in [-0.4, -0.2) is 88.7 Å². The number of aldehydes is 1. The van der Waals surface area contributed by atoms with Crippen molar-refractivity contribution in [2.24, 2.45) is 0 Å². The number of allylic oxidation sites excluding steroid dienone is 3. The molecule has 10 nitrogen and oxygen atoms in total. The molecule has 2 amide bonds. The summed E-state index contributed by atoms with van der Waals surface area (Å²) in [5.41, 5.74) is 1.20. The number of carbonyl (C=O) groups excluding carboxylic acids is 3. The Hall–Kier alpha value is -3.31. The molecule has 3 fully saturated rings. The zero-order valence-electron chi connectivity index (χ0n) is 21.5. The number of carbonyl (C=O) groups is 3. The number of rotatable bonds is 5. The van der Waals surface area contributed by atoms with E-state index >= 15 is 0 Å². The number of amides is 2. The number of likely N-dealkylation sites (N-methyl/N-ethyl adjacent to an activating group) is 2. The molecule has 1 aliphatic carbocycles. The molecular formula is C26H33N7O3S. The summed E-state index contributed by atoms with van der Waals surface area (Å²) in [4.78, 5) is 54.1. The van der Waals surface area contributed by atoms with E-state index in [1.165, 1.54) is 24.1 Å². The predicted octanol–water partition coefficient (Wildman–Crippen LogP) is 2.57. The van der Waals surface area contributed by atoms with E-state index in [9.17, 15) is 14.4 Å². The molecule has 1 saturated carbocycles. The van der Waals surface area contributed by atoms with E-state index in [1.54, 1.807) is 12.1 Å². The largest absolute Gasteiger partial charge is 0.347 e. The van der Waals surface area contributed by atoms with Gasteiger partial charge in [0.05, 0.1) is 16.0 Å². The number of piperazine rings is 1. The Kier molecular flexibility index (Phi) is 7.00. The van der Waals surface area contributed by atoms with Gasteiger partial charge in [-0.25, -0.2) is 9.97 Å². The van der Waals surface area contributed by atoms with Gasteiger partial charge in [0.15, 0.2) is 6.29 Å². The highest BCUT2D eigenvalue weighted by atomic mass is 32.1. The van der Waals surface area contributed by atoms with E-state index < -0.39 is 0 Å². The summed E-state index contributed by atoms with van der Waals surface area (Å²) in [7, 11) is 4.00. The number of thiophene rings is 1. The summed E-state index contributed by atoms with van der Waals surface area (Å²) in [5, 5.41) is 6.97. The number of hydrogen-bond acceptors (Lipinski definition) is 9. The van der Waals surface area contributed by atoms with Crippen LogP contribution in [0.1, 0.15) is 48.7 Å². The highest BCUT2D eigenvalue weighted by Gasteiger charge is 2.46. The molecular weight excluding hydrogens is 490 g/mol. The van der Waals surface area contributed by atoms with Crippen LogP contribution < -0.4 is 10.6 Å². The molecule has 0 radical (unpaired) electrons. The van der Waals surface area contributed by atoms with Crippen molar-refractivity contribution in [3.05, 3.63) is 40.3 Å². The smallest absolute Gasteiger partial charge is 0.269 e. The molecule has 4 heterocycles. The Morgan fingerprint density at radius 3 is 2.57 bits per heavy atom. The highest BCUT2D eigenvalue weighted by Crippen LogP contribution is 2.38. The summed E-state index contributed by atoms with van der Waals surface area (Å²) in [6.07, 6.45) is 8.99. The van der Waals surface area contributed by atoms with Crippen molar-refractivity contribution in [3.8, 4) is 0 Å². The predicted molar refractivity (Wildman–Crippen MR) is 143 cm³/mol. The first kappa shape index (κ1) is 25.3. The van der Waals surface area contributed by atoms with Gasteiger partial charge in [0, 0.05) is 33.2 Å². The average molecular weight is 524 g/mol. The van der Waals surface area contributed by atoms with Crippen molar-refractivity contribution in [2.45, 2.75) is 44.7 Å². The molecule has 196 valence electrons. The van der Waals surface area contributed by atoms with Gasteiger partial charge in [-0.3, -0.25) is 14.4 Å². The minimum Gasteiger partial charge on any atom is -0.347 e. The van der Waals surface area contributed by atoms with Gasteiger partial charge >= 0.3 is 0 Å². The van der Waals surface area contributed by atoms with Crippen LogP contribution in [0.25, 0.3) is 10.2 Å². The van der Waals surface area contributed by atoms with Crippen LogP contribution in [0.15, 0.2) is 35.4 Å². The second-order valence-corrected chi connectivity index (χ2v) is 11.2. The summed E-state index contributed by atoms with van der Waals surface area (Å²) in [5.74, 6) is 0.321. The second kappa shape index (κ2) is 10.2. The first-order valence-corrected chi connectivity index (χ1v) is 13.6. The van der Waals surface area contributed by atoms with E-state index in [1.807, 2.05) is 23.8 Å². The normalized spacial score (nSPS) is 21.9. The Balaban J connectivity index is 1.40. The third-order valence-electron chi connectivity index (χ3n) is 7.69. The van der Waals surface area contributed by atoms with Gasteiger partial charge in [-0.05, 0) is 57.4 Å². The monoisotopic (exact) mass is 523 g/mol. The van der Waals surface area contributed by atoms with Gasteiger partial charge in [0.1, 0.15) is 28.3 Å². The highest BCUT2D eigenvalue weighted by molar-refractivity contribution is 7.20. The topological polar surface area (TPSA) is 111 Å². The molecule has 1 spiro atoms. The van der Waals surface area contributed by atoms with Crippen LogP contribution in [0, 0.1) is 0 Å². The molecule has 2 aliphatic heterocycles. The number of aromatic nitrogens is 2. The Morgan fingerprint density at radius 1 is 1.14 bits per heavy atom. The Morgan fingerprint density at radius 2 is 1.86 bits per heavy atom. The summed E-state index contributed by atoms with van der Waals surface area (Å²) >= 11 is 1.32. The molecule has 2 saturated heterocycles. The van der Waals surface area contributed by atoms with Gasteiger partial charge < -0.3 is 25.3 Å². The Bertz CT molecular complexity index is 1290. The van der Waals surface area contributed by atoms with Crippen molar-refractivity contribution < 1.29 is 14.4 Å². The van der Waals surface area contributed by atoms with Gasteiger partial charge in [0.25, 0.3) is 11.8 Å². The van der Waals surface area contributed by atoms with E-state index in [-0.39, 0.29) is 23.2 Å². The third kappa shape index (κ3) is 4.85. The lowest BCUT2D eigenvalue weighted by Gasteiger charge is -2.40. The van der Waals surface area contributed by atoms with Crippen LogP contribution in [0.3, 0.4) is 0 Å². The van der Waals surface area contributed by atoms with Crippen LogP contribution in [-0.2, 0) is 9.59 Å². The van der Waals surface area contributed by atoms with Crippen molar-refractivity contribution in [1.82, 2.24) is 30.0 Å². The second-order valence-electron chi connectivity index (χ2n) is 10.1. The van der Waals surface area contributed by atoms with E-state index in [4.69, 9.17) is 0 Å². The zero-order chi connectivity index (χ0) is 26.2. The maximum atomic E-state index is 13.1. The molecule has 0 aromatic carbocycles. The number of fused-ring (bicyclic) bond motifs is 1. The summed E-state index contributed by atoms with van der Waals surface area (Å²) in [6.45, 7) is 4.91. The quantitative estimate of drug-likeness (QED) is 0.455. The van der Waals surface area contributed by atoms with E-state index in [0.29, 0.717) is 51.6 Å². The number of nitrogens with zero attached hydrogens (tertiary/aromatic N) is 5. The van der Waals surface area contributed by atoms with Crippen LogP contribution >= 0.6 is 11.3 Å². The fraction of sp³-hybridized carbons (Fsp3) is 0.500. The lowest BCUT2D eigenvalue weighted by Crippen LogP contribution is -2.51. The van der Waals surface area contributed by atoms with Gasteiger partial charge in [-0.1, -0.05) is 6.42 Å². The number of hydrogen-bond donors (Lipinski definition) is 2. The molecule has 0 bridgehead atoms. The van der Waals surface area contributed by atoms with Gasteiger partial charge in [-0.15, -0.1) is 11.3 Å². The lowest BCUT2D eigenvalue weighted by atomic mass is 9.88. The molecule has 5 rings (SSSR count). The fourth-order valence-corrected chi connectivity index (χ4v) is 6.49. The Labute approximate surface area is 220 Å². The summed E-state index contributed by atoms with van der Waals surface area (Å²) < 4.78 is 0. The lowest BCUT2D eigenvalue weighted by molar-refractivity contribution is -0.117. The summed E-state index contributed by atoms with van der Waals surface area (Å²) in [6, 6.07) is 1.79. The molecule has 3 aliphatic rings. The molecule has 11 heteroatoms. The van der Waals surface area contributed by atoms with E-state index in [0.717, 1.165) is 38.8 Å². The van der Waals surface area contributed by atoms with Crippen molar-refractivity contribution in [2.75, 3.05) is 45.6 Å². The van der Waals surface area contributed by atoms with Crippen molar-refractivity contribution in [1.29, 1.82) is 0 Å². The van der Waals surface area contributed by atoms with Crippen molar-refractivity contribution in [3.63, 3.8) is 0 Å². The standard InChI is InChI=1S/C26H33N7O3S/c1-17(21-23(35)30-26(32(21)3)7-5-4-6-8-26)13-18(15-34)29-22-19-14-20(37-24(19)28-16-27-22)25(36)33-11-9-31(2)10-12-33/h13-16H,4-12H2,1-3H3,(H,30,35)(H,27,28,29)/b18-13+,21-17-. The average Bonchev–Trinajstić information content (AvgIpc) is 3.43. The minimum absolute atomic E-state index is 0.0132. The van der Waals surface area contributed by atoms with Crippen LogP contribution in [0.2, 0.25) is 0 Å². The first-order valence-electron chi connectivity index (χ1n) is 12.7. The van der Waals surface area contributed by atoms with Gasteiger partial charge in [-0.2, -0.15) is 0 Å². The SMILES string of the molecule is CC(/C=C(\C=O)Nc1ncnc2sc(C(=O)N3CCN(C)CC3)cc12)=C1\C(=O)NC2(CCCCC2)N1C. The molecule has 0 atom stereocenters.